The number of hydrogen-bond donors (Lipinski definition) is 0. The quantitative estimate of drug-likeness (QED) is 0.206. The first-order chi connectivity index (χ1) is 31.3. The Hall–Kier alpha value is -5.67. The van der Waals surface area contributed by atoms with E-state index in [1.807, 2.05) is 0 Å². The number of fused-ring (bicyclic) bond motifs is 3. The average Bonchev–Trinajstić information content (AvgIpc) is 3.69. The molecule has 43 heavy (non-hydrogen) atoms. The number of hydrogen-bond acceptors (Lipinski definition) is 3. The molecule has 0 spiro atoms. The smallest absolute Gasteiger partial charge is 0.164 e. The molecule has 0 radical (unpaired) electrons. The number of aromatic nitrogens is 3. The number of nitrogens with zero attached hydrogens (tertiary/aromatic N) is 3. The van der Waals surface area contributed by atoms with Gasteiger partial charge in [0.2, 0.25) is 0 Å². The third-order valence-electron chi connectivity index (χ3n) is 6.59. The lowest BCUT2D eigenvalue weighted by atomic mass is 9.94. The summed E-state index contributed by atoms with van der Waals surface area (Å²) in [5, 5.41) is 0. The molecule has 1 heterocycles. The highest BCUT2D eigenvalue weighted by Crippen LogP contribution is 2.45. The Labute approximate surface area is 285 Å². The van der Waals surface area contributed by atoms with Crippen molar-refractivity contribution in [2.24, 2.45) is 0 Å². The van der Waals surface area contributed by atoms with E-state index in [-0.39, 0.29) is 38.9 Å². The van der Waals surface area contributed by atoms with Gasteiger partial charge in [-0.1, -0.05) is 145 Å². The molecule has 3 nitrogen and oxygen atoms in total. The molecule has 0 atom stereocenters. The summed E-state index contributed by atoms with van der Waals surface area (Å²) in [4.78, 5) is 12.9. The van der Waals surface area contributed by atoms with Crippen LogP contribution in [-0.2, 0) is 6.42 Å². The molecule has 0 amide bonds. The Kier molecular flexibility index (Phi) is 2.61. The van der Waals surface area contributed by atoms with Crippen LogP contribution in [0.5, 0.6) is 0 Å². The summed E-state index contributed by atoms with van der Waals surface area (Å²) in [5.74, 6) is -2.05. The van der Waals surface area contributed by atoms with E-state index in [1.165, 1.54) is 0 Å². The minimum absolute atomic E-state index is 0.0695. The first kappa shape index (κ1) is 10.6. The monoisotopic (exact) mass is 573 g/mol. The van der Waals surface area contributed by atoms with Crippen molar-refractivity contribution >= 4 is 0 Å². The SMILES string of the molecule is [2H]c1c(-c2nc(-c3c([2H])c([2H])c([2H])c([2H])c3[2H])nc(-c3c([2H])c([2H])c([2H])c([2H])c3[2H])n2)cc(-c2c([2H])c([2H])c([2H])c3c2Cc2c(-c4c([2H])c([2H])c([2H])c([2H])c4[2H])c([2H])c([2H])c([2H])c2-3)c([2H])c1[2H]. The van der Waals surface area contributed by atoms with E-state index < -0.39 is 191 Å². The normalized spacial score (nSPS) is 19.4. The molecule has 7 aromatic rings. The largest absolute Gasteiger partial charge is 0.208 e. The summed E-state index contributed by atoms with van der Waals surface area (Å²) in [5.41, 5.74) is -3.90. The Balaban J connectivity index is 1.46. The van der Waals surface area contributed by atoms with Crippen molar-refractivity contribution in [1.82, 2.24) is 15.0 Å². The van der Waals surface area contributed by atoms with Crippen LogP contribution in [0.1, 0.15) is 44.0 Å². The Morgan fingerprint density at radius 1 is 0.349 bits per heavy atom. The van der Waals surface area contributed by atoms with Gasteiger partial charge in [-0.25, -0.2) is 15.0 Å². The van der Waals surface area contributed by atoms with E-state index in [9.17, 15) is 1.37 Å². The van der Waals surface area contributed by atoms with Gasteiger partial charge in [-0.15, -0.1) is 0 Å². The van der Waals surface area contributed by atoms with Crippen LogP contribution in [0.15, 0.2) is 151 Å². The molecule has 1 aliphatic carbocycles. The van der Waals surface area contributed by atoms with Gasteiger partial charge in [0.25, 0.3) is 0 Å². The summed E-state index contributed by atoms with van der Waals surface area (Å²) in [6, 6.07) is -17.4. The van der Waals surface area contributed by atoms with E-state index in [0.717, 1.165) is 6.07 Å². The second-order valence-electron chi connectivity index (χ2n) is 9.04. The maximum Gasteiger partial charge on any atom is 0.164 e. The van der Waals surface area contributed by atoms with Gasteiger partial charge in [-0.3, -0.25) is 0 Å². The molecular weight excluding hydrogens is 522 g/mol. The molecule has 0 fully saturated rings. The maximum atomic E-state index is 9.17. The standard InChI is InChI=1S/C40H27N3/c1-4-13-27(14-5-1)32-21-11-23-34-35-24-12-22-33(37(35)26-36(32)34)30-19-10-20-31(25-30)40-42-38(28-15-6-2-7-16-28)41-39(43-40)29-17-8-3-9-18-29/h1-25H,26H2/i1D,2D,3D,4D,5D,6D,7D,8D,9D,10D,11D,12D,13D,14D,15D,16D,17D,18D,19D,20D,21D,22D,23D,24D. The lowest BCUT2D eigenvalue weighted by Gasteiger charge is -2.12. The van der Waals surface area contributed by atoms with Gasteiger partial charge in [-0.05, 0) is 57.0 Å². The van der Waals surface area contributed by atoms with E-state index >= 15 is 0 Å². The summed E-state index contributed by atoms with van der Waals surface area (Å²) in [6.07, 6.45) is -0.469. The Morgan fingerprint density at radius 3 is 1.26 bits per heavy atom. The minimum atomic E-state index is -0.852. The van der Waals surface area contributed by atoms with Crippen molar-refractivity contribution in [3.8, 4) is 67.5 Å². The fourth-order valence-electron chi connectivity index (χ4n) is 4.72. The molecule has 0 N–H and O–H groups in total. The van der Waals surface area contributed by atoms with Crippen LogP contribution in [0.3, 0.4) is 0 Å². The molecule has 8 rings (SSSR count). The van der Waals surface area contributed by atoms with Crippen molar-refractivity contribution < 1.29 is 32.9 Å². The molecule has 6 aromatic carbocycles. The summed E-state index contributed by atoms with van der Waals surface area (Å²) in [7, 11) is 0. The van der Waals surface area contributed by atoms with Crippen molar-refractivity contribution in [3.63, 3.8) is 0 Å². The van der Waals surface area contributed by atoms with Crippen molar-refractivity contribution in [3.05, 3.63) is 162 Å². The molecule has 3 heteroatoms. The van der Waals surface area contributed by atoms with Crippen LogP contribution >= 0.6 is 0 Å². The van der Waals surface area contributed by atoms with Crippen LogP contribution in [0.2, 0.25) is 0 Å². The molecule has 0 unspecified atom stereocenters. The van der Waals surface area contributed by atoms with E-state index in [1.54, 1.807) is 0 Å². The van der Waals surface area contributed by atoms with Gasteiger partial charge < -0.3 is 0 Å². The molecule has 0 saturated carbocycles. The minimum Gasteiger partial charge on any atom is -0.208 e. The highest BCUT2D eigenvalue weighted by Gasteiger charge is 2.24. The van der Waals surface area contributed by atoms with Crippen LogP contribution in [0, 0.1) is 0 Å². The maximum absolute atomic E-state index is 9.17. The number of rotatable bonds is 5. The topological polar surface area (TPSA) is 38.7 Å². The number of benzene rings is 6. The summed E-state index contributed by atoms with van der Waals surface area (Å²) < 4.78 is 207. The van der Waals surface area contributed by atoms with E-state index in [0.29, 0.717) is 0 Å². The van der Waals surface area contributed by atoms with Crippen LogP contribution < -0.4 is 0 Å². The third-order valence-corrected chi connectivity index (χ3v) is 6.59. The first-order valence-corrected chi connectivity index (χ1v) is 12.6. The molecule has 0 bridgehead atoms. The fraction of sp³-hybridized carbons (Fsp3) is 0.0250. The van der Waals surface area contributed by atoms with Gasteiger partial charge in [0.05, 0.1) is 32.9 Å². The molecule has 0 saturated heterocycles. The second-order valence-corrected chi connectivity index (χ2v) is 9.04. The second kappa shape index (κ2) is 10.6. The predicted octanol–water partition coefficient (Wildman–Crippen LogP) is 9.78. The van der Waals surface area contributed by atoms with Crippen LogP contribution in [-0.4, -0.2) is 15.0 Å². The van der Waals surface area contributed by atoms with Gasteiger partial charge in [-0.2, -0.15) is 0 Å². The van der Waals surface area contributed by atoms with E-state index in [2.05, 4.69) is 15.0 Å². The fourth-order valence-corrected chi connectivity index (χ4v) is 4.72. The zero-order valence-electron chi connectivity index (χ0n) is 45.6. The molecule has 1 aromatic heterocycles. The van der Waals surface area contributed by atoms with Crippen molar-refractivity contribution in [2.45, 2.75) is 6.42 Å². The van der Waals surface area contributed by atoms with Gasteiger partial charge >= 0.3 is 0 Å². The van der Waals surface area contributed by atoms with Crippen molar-refractivity contribution in [1.29, 1.82) is 0 Å². The van der Waals surface area contributed by atoms with Crippen molar-refractivity contribution in [2.75, 3.05) is 0 Å². The average molecular weight is 574 g/mol. The first-order valence-electron chi connectivity index (χ1n) is 24.6. The lowest BCUT2D eigenvalue weighted by Crippen LogP contribution is -2.00. The van der Waals surface area contributed by atoms with E-state index in [4.69, 9.17) is 31.5 Å². The molecule has 1 aliphatic rings. The van der Waals surface area contributed by atoms with Crippen LogP contribution in [0.25, 0.3) is 67.5 Å². The van der Waals surface area contributed by atoms with Gasteiger partial charge in [0.15, 0.2) is 17.5 Å². The van der Waals surface area contributed by atoms with Crippen LogP contribution in [0.4, 0.5) is 0 Å². The highest BCUT2D eigenvalue weighted by atomic mass is 15.0. The van der Waals surface area contributed by atoms with Gasteiger partial charge in [0, 0.05) is 16.7 Å². The lowest BCUT2D eigenvalue weighted by molar-refractivity contribution is 1.07. The Morgan fingerprint density at radius 2 is 0.721 bits per heavy atom. The molecular formula is C40H27N3. The zero-order valence-corrected chi connectivity index (χ0v) is 21.6. The highest BCUT2D eigenvalue weighted by molar-refractivity contribution is 5.90. The predicted molar refractivity (Wildman–Crippen MR) is 175 cm³/mol. The summed E-state index contributed by atoms with van der Waals surface area (Å²) in [6.45, 7) is 0. The third kappa shape index (κ3) is 4.61. The van der Waals surface area contributed by atoms with Gasteiger partial charge in [0.1, 0.15) is 0 Å². The molecule has 0 aliphatic heterocycles. The summed E-state index contributed by atoms with van der Waals surface area (Å²) >= 11 is 0. The zero-order chi connectivity index (χ0) is 49.5. The Bertz CT molecular complexity index is 3270. The molecule has 202 valence electrons.